The molecule has 0 atom stereocenters. The molecule has 0 saturated heterocycles. The maximum absolute atomic E-state index is 12.5. The van der Waals surface area contributed by atoms with Crippen LogP contribution in [0.15, 0.2) is 72.8 Å². The van der Waals surface area contributed by atoms with E-state index in [1.165, 1.54) is 0 Å². The molecule has 1 amide bonds. The molecule has 3 aromatic rings. The van der Waals surface area contributed by atoms with Gasteiger partial charge in [-0.2, -0.15) is 0 Å². The molecule has 0 aromatic heterocycles. The molecule has 0 bridgehead atoms. The van der Waals surface area contributed by atoms with Crippen molar-refractivity contribution < 1.29 is 9.53 Å². The molecule has 0 aliphatic carbocycles. The Morgan fingerprint density at radius 2 is 1.55 bits per heavy atom. The van der Waals surface area contributed by atoms with Gasteiger partial charge < -0.3 is 10.1 Å². The second-order valence-corrected chi connectivity index (χ2v) is 7.41. The zero-order valence-corrected chi connectivity index (χ0v) is 17.3. The fraction of sp³-hybridized carbons (Fsp3) is 0.240. The topological polar surface area (TPSA) is 41.6 Å². The number of hydrogen-bond acceptors (Lipinski definition) is 3. The van der Waals surface area contributed by atoms with Crippen LogP contribution in [0.25, 0.3) is 0 Å². The summed E-state index contributed by atoms with van der Waals surface area (Å²) in [6.07, 6.45) is 0. The number of anilines is 1. The number of aryl methyl sites for hydroxylation is 2. The van der Waals surface area contributed by atoms with E-state index in [0.717, 1.165) is 33.7 Å². The Labute approximate surface area is 173 Å². The van der Waals surface area contributed by atoms with Crippen molar-refractivity contribution in [1.29, 1.82) is 0 Å². The van der Waals surface area contributed by atoms with E-state index in [-0.39, 0.29) is 5.91 Å². The van der Waals surface area contributed by atoms with E-state index in [4.69, 9.17) is 4.74 Å². The van der Waals surface area contributed by atoms with Crippen molar-refractivity contribution in [3.05, 3.63) is 95.1 Å². The van der Waals surface area contributed by atoms with E-state index < -0.39 is 0 Å². The Balaban J connectivity index is 1.53. The van der Waals surface area contributed by atoms with Crippen LogP contribution in [0.1, 0.15) is 22.3 Å². The second kappa shape index (κ2) is 9.89. The molecule has 3 rings (SSSR count). The summed E-state index contributed by atoms with van der Waals surface area (Å²) in [6, 6.07) is 24.1. The Morgan fingerprint density at radius 1 is 0.897 bits per heavy atom. The minimum Gasteiger partial charge on any atom is -0.489 e. The van der Waals surface area contributed by atoms with E-state index in [0.29, 0.717) is 19.7 Å². The molecule has 0 radical (unpaired) electrons. The Kier molecular flexibility index (Phi) is 7.04. The van der Waals surface area contributed by atoms with Crippen LogP contribution in [-0.2, 0) is 17.9 Å². The third kappa shape index (κ3) is 6.19. The monoisotopic (exact) mass is 388 g/mol. The summed E-state index contributed by atoms with van der Waals surface area (Å²) >= 11 is 0. The lowest BCUT2D eigenvalue weighted by Gasteiger charge is -2.18. The first-order valence-corrected chi connectivity index (χ1v) is 9.81. The summed E-state index contributed by atoms with van der Waals surface area (Å²) in [4.78, 5) is 14.5. The smallest absolute Gasteiger partial charge is 0.238 e. The summed E-state index contributed by atoms with van der Waals surface area (Å²) in [5, 5.41) is 3.04. The van der Waals surface area contributed by atoms with Crippen LogP contribution in [0.2, 0.25) is 0 Å². The number of rotatable bonds is 8. The maximum atomic E-state index is 12.5. The molecule has 150 valence electrons. The molecule has 29 heavy (non-hydrogen) atoms. The van der Waals surface area contributed by atoms with Crippen molar-refractivity contribution in [2.24, 2.45) is 0 Å². The predicted molar refractivity (Wildman–Crippen MR) is 118 cm³/mol. The van der Waals surface area contributed by atoms with Gasteiger partial charge in [0, 0.05) is 12.2 Å². The number of ether oxygens (including phenoxy) is 1. The van der Waals surface area contributed by atoms with Crippen molar-refractivity contribution in [2.75, 3.05) is 18.9 Å². The van der Waals surface area contributed by atoms with Crippen LogP contribution in [-0.4, -0.2) is 24.4 Å². The highest BCUT2D eigenvalue weighted by Crippen LogP contribution is 2.20. The van der Waals surface area contributed by atoms with Crippen molar-refractivity contribution >= 4 is 11.6 Å². The van der Waals surface area contributed by atoms with E-state index in [9.17, 15) is 4.79 Å². The van der Waals surface area contributed by atoms with Gasteiger partial charge in [0.05, 0.1) is 6.54 Å². The Hall–Kier alpha value is -3.11. The van der Waals surface area contributed by atoms with Crippen molar-refractivity contribution in [2.45, 2.75) is 27.0 Å². The lowest BCUT2D eigenvalue weighted by Crippen LogP contribution is -2.30. The minimum atomic E-state index is -0.0126. The van der Waals surface area contributed by atoms with Crippen LogP contribution in [0.5, 0.6) is 5.75 Å². The summed E-state index contributed by atoms with van der Waals surface area (Å²) in [5.41, 5.74) is 5.30. The van der Waals surface area contributed by atoms with Gasteiger partial charge in [0.15, 0.2) is 0 Å². The standard InChI is InChI=1S/C25H28N2O2/c1-19-9-7-10-20(2)25(19)26-24(28)17-27(3)16-22-13-8-14-23(15-22)29-18-21-11-5-4-6-12-21/h4-15H,16-18H2,1-3H3,(H,26,28). The molecule has 0 saturated carbocycles. The fourth-order valence-corrected chi connectivity index (χ4v) is 3.28. The fourth-order valence-electron chi connectivity index (χ4n) is 3.28. The Bertz CT molecular complexity index is 934. The molecule has 3 aromatic carbocycles. The maximum Gasteiger partial charge on any atom is 0.238 e. The van der Waals surface area contributed by atoms with Gasteiger partial charge in [-0.25, -0.2) is 0 Å². The van der Waals surface area contributed by atoms with Crippen LogP contribution in [0.4, 0.5) is 5.69 Å². The van der Waals surface area contributed by atoms with E-state index in [1.807, 2.05) is 92.5 Å². The van der Waals surface area contributed by atoms with Crippen LogP contribution >= 0.6 is 0 Å². The van der Waals surface area contributed by atoms with E-state index in [2.05, 4.69) is 11.4 Å². The lowest BCUT2D eigenvalue weighted by atomic mass is 10.1. The highest BCUT2D eigenvalue weighted by Gasteiger charge is 2.11. The van der Waals surface area contributed by atoms with Crippen molar-refractivity contribution in [3.8, 4) is 5.75 Å². The molecule has 0 aliphatic heterocycles. The quantitative estimate of drug-likeness (QED) is 0.593. The number of likely N-dealkylation sites (N-methyl/N-ethyl adjacent to an activating group) is 1. The molecule has 1 N–H and O–H groups in total. The highest BCUT2D eigenvalue weighted by molar-refractivity contribution is 5.93. The average molecular weight is 389 g/mol. The van der Waals surface area contributed by atoms with Gasteiger partial charge >= 0.3 is 0 Å². The number of hydrogen-bond donors (Lipinski definition) is 1. The van der Waals surface area contributed by atoms with Crippen LogP contribution in [0.3, 0.4) is 0 Å². The number of carbonyl (C=O) groups excluding carboxylic acids is 1. The normalized spacial score (nSPS) is 10.8. The third-order valence-corrected chi connectivity index (χ3v) is 4.76. The molecule has 0 aliphatic rings. The predicted octanol–water partition coefficient (Wildman–Crippen LogP) is 4.95. The summed E-state index contributed by atoms with van der Waals surface area (Å²) < 4.78 is 5.90. The van der Waals surface area contributed by atoms with Gasteiger partial charge in [-0.05, 0) is 55.3 Å². The number of carbonyl (C=O) groups is 1. The molecule has 0 unspecified atom stereocenters. The largest absolute Gasteiger partial charge is 0.489 e. The molecule has 0 spiro atoms. The van der Waals surface area contributed by atoms with Gasteiger partial charge in [-0.15, -0.1) is 0 Å². The number of para-hydroxylation sites is 1. The molecule has 0 fully saturated rings. The number of nitrogens with one attached hydrogen (secondary N) is 1. The van der Waals surface area contributed by atoms with Gasteiger partial charge in [0.2, 0.25) is 5.91 Å². The number of nitrogens with zero attached hydrogens (tertiary/aromatic N) is 1. The SMILES string of the molecule is Cc1cccc(C)c1NC(=O)CN(C)Cc1cccc(OCc2ccccc2)c1. The zero-order chi connectivity index (χ0) is 20.6. The first-order valence-electron chi connectivity index (χ1n) is 9.81. The van der Waals surface area contributed by atoms with E-state index in [1.54, 1.807) is 0 Å². The van der Waals surface area contributed by atoms with Crippen molar-refractivity contribution in [3.63, 3.8) is 0 Å². The second-order valence-electron chi connectivity index (χ2n) is 7.41. The molecular weight excluding hydrogens is 360 g/mol. The van der Waals surface area contributed by atoms with Gasteiger partial charge in [0.25, 0.3) is 0 Å². The summed E-state index contributed by atoms with van der Waals surface area (Å²) in [7, 11) is 1.95. The zero-order valence-electron chi connectivity index (χ0n) is 17.3. The molecule has 4 nitrogen and oxygen atoms in total. The summed E-state index contributed by atoms with van der Waals surface area (Å²) in [6.45, 7) is 5.55. The van der Waals surface area contributed by atoms with Crippen LogP contribution in [0, 0.1) is 13.8 Å². The first-order chi connectivity index (χ1) is 14.0. The van der Waals surface area contributed by atoms with Crippen LogP contribution < -0.4 is 10.1 Å². The average Bonchev–Trinajstić information content (AvgIpc) is 2.70. The number of benzene rings is 3. The summed E-state index contributed by atoms with van der Waals surface area (Å²) in [5.74, 6) is 0.820. The van der Waals surface area contributed by atoms with E-state index >= 15 is 0 Å². The lowest BCUT2D eigenvalue weighted by molar-refractivity contribution is -0.117. The van der Waals surface area contributed by atoms with Crippen molar-refractivity contribution in [1.82, 2.24) is 4.90 Å². The number of amides is 1. The highest BCUT2D eigenvalue weighted by atomic mass is 16.5. The first kappa shape index (κ1) is 20.6. The molecule has 0 heterocycles. The molecular formula is C25H28N2O2. The van der Waals surface area contributed by atoms with Gasteiger partial charge in [-0.3, -0.25) is 9.69 Å². The Morgan fingerprint density at radius 3 is 2.28 bits per heavy atom. The van der Waals surface area contributed by atoms with Gasteiger partial charge in [-0.1, -0.05) is 60.7 Å². The minimum absolute atomic E-state index is 0.0126. The third-order valence-electron chi connectivity index (χ3n) is 4.76. The van der Waals surface area contributed by atoms with Gasteiger partial charge in [0.1, 0.15) is 12.4 Å². The molecule has 4 heteroatoms.